The molecular formula is C24H17I2N3O7S2. The third-order valence-corrected chi connectivity index (χ3v) is 8.53. The van der Waals surface area contributed by atoms with E-state index in [0.29, 0.717) is 24.9 Å². The Kier molecular flexibility index (Phi) is 8.94. The number of carbonyl (C=O) groups excluding carboxylic acids is 1. The van der Waals surface area contributed by atoms with Crippen LogP contribution in [-0.2, 0) is 14.9 Å². The van der Waals surface area contributed by atoms with Gasteiger partial charge in [-0.05, 0) is 124 Å². The number of hydrogen-bond acceptors (Lipinski definition) is 9. The van der Waals surface area contributed by atoms with Gasteiger partial charge in [0, 0.05) is 15.7 Å². The van der Waals surface area contributed by atoms with Crippen molar-refractivity contribution in [1.82, 2.24) is 5.32 Å². The molecule has 1 amide bonds. The van der Waals surface area contributed by atoms with Crippen LogP contribution in [-0.4, -0.2) is 31.0 Å². The predicted molar refractivity (Wildman–Crippen MR) is 161 cm³/mol. The first-order valence-corrected chi connectivity index (χ1v) is 15.1. The molecule has 0 aliphatic carbocycles. The highest BCUT2D eigenvalue weighted by molar-refractivity contribution is 14.1. The Bertz CT molecular complexity index is 1570. The van der Waals surface area contributed by atoms with E-state index in [0.717, 1.165) is 27.8 Å². The molecule has 0 atom stereocenters. The quantitative estimate of drug-likeness (QED) is 0.0988. The Balaban J connectivity index is 1.61. The summed E-state index contributed by atoms with van der Waals surface area (Å²) in [7, 11) is -4.31. The molecular weight excluding hydrogens is 760 g/mol. The van der Waals surface area contributed by atoms with Crippen molar-refractivity contribution in [2.24, 2.45) is 4.99 Å². The fraction of sp³-hybridized carbons (Fsp3) is 0.0833. The molecule has 0 bridgehead atoms. The Hall–Kier alpha value is -2.70. The van der Waals surface area contributed by atoms with Gasteiger partial charge in [-0.3, -0.25) is 14.9 Å². The molecule has 14 heteroatoms. The van der Waals surface area contributed by atoms with Crippen LogP contribution >= 0.6 is 56.9 Å². The van der Waals surface area contributed by atoms with Crippen LogP contribution in [0, 0.1) is 17.3 Å². The lowest BCUT2D eigenvalue weighted by atomic mass is 10.2. The van der Waals surface area contributed by atoms with Gasteiger partial charge in [-0.25, -0.2) is 4.99 Å². The summed E-state index contributed by atoms with van der Waals surface area (Å²) in [5.41, 5.74) is 1.05. The molecule has 0 spiro atoms. The fourth-order valence-electron chi connectivity index (χ4n) is 3.17. The lowest BCUT2D eigenvalue weighted by molar-refractivity contribution is -0.384. The monoisotopic (exact) mass is 777 g/mol. The van der Waals surface area contributed by atoms with Crippen molar-refractivity contribution in [1.29, 1.82) is 0 Å². The normalized spacial score (nSPS) is 15.5. The first-order valence-electron chi connectivity index (χ1n) is 10.8. The zero-order valence-corrected chi connectivity index (χ0v) is 25.3. The van der Waals surface area contributed by atoms with E-state index in [1.165, 1.54) is 11.8 Å². The summed E-state index contributed by atoms with van der Waals surface area (Å²) in [6.07, 6.45) is 1.65. The number of hydrogen-bond donors (Lipinski definition) is 1. The molecule has 3 aromatic rings. The van der Waals surface area contributed by atoms with E-state index >= 15 is 0 Å². The summed E-state index contributed by atoms with van der Waals surface area (Å²) < 4.78 is 38.3. The maximum Gasteiger partial charge on any atom is 0.339 e. The van der Waals surface area contributed by atoms with Gasteiger partial charge in [-0.15, -0.1) is 0 Å². The molecule has 0 unspecified atom stereocenters. The standard InChI is InChI=1S/C24H17I2N3O7S2/c1-2-35-20-12-14(13-21-23(30)28-24(37-21)27-16-5-3-15(25)4-6-16)11-19(26)22(20)36-38(33,34)18-9-7-17(8-10-18)29(31)32/h3-13H,2H2,1H3,(H,27,28,30)/b21-13+. The van der Waals surface area contributed by atoms with Crippen LogP contribution in [0.2, 0.25) is 0 Å². The molecule has 1 fully saturated rings. The lowest BCUT2D eigenvalue weighted by Crippen LogP contribution is -2.19. The van der Waals surface area contributed by atoms with E-state index in [1.54, 1.807) is 25.1 Å². The molecule has 1 aliphatic heterocycles. The van der Waals surface area contributed by atoms with Crippen molar-refractivity contribution in [3.8, 4) is 11.5 Å². The number of thioether (sulfide) groups is 1. The topological polar surface area (TPSA) is 137 Å². The molecule has 38 heavy (non-hydrogen) atoms. The Labute approximate surface area is 249 Å². The maximum absolute atomic E-state index is 12.9. The minimum atomic E-state index is -4.31. The van der Waals surface area contributed by atoms with Gasteiger partial charge in [0.15, 0.2) is 16.7 Å². The van der Waals surface area contributed by atoms with Crippen LogP contribution in [0.25, 0.3) is 6.08 Å². The number of nitrogens with zero attached hydrogens (tertiary/aromatic N) is 2. The number of nitrogens with one attached hydrogen (secondary N) is 1. The highest BCUT2D eigenvalue weighted by atomic mass is 127. The zero-order valence-electron chi connectivity index (χ0n) is 19.4. The van der Waals surface area contributed by atoms with Gasteiger partial charge in [-0.2, -0.15) is 8.42 Å². The van der Waals surface area contributed by atoms with Crippen molar-refractivity contribution in [2.75, 3.05) is 6.61 Å². The smallest absolute Gasteiger partial charge is 0.339 e. The highest BCUT2D eigenvalue weighted by Crippen LogP contribution is 2.38. The molecule has 1 heterocycles. The molecule has 1 aliphatic rings. The van der Waals surface area contributed by atoms with Crippen LogP contribution in [0.15, 0.2) is 75.5 Å². The van der Waals surface area contributed by atoms with Gasteiger partial charge in [0.2, 0.25) is 0 Å². The Morgan fingerprint density at radius 1 is 1.11 bits per heavy atom. The van der Waals surface area contributed by atoms with Gasteiger partial charge < -0.3 is 14.2 Å². The van der Waals surface area contributed by atoms with Crippen molar-refractivity contribution < 1.29 is 27.1 Å². The van der Waals surface area contributed by atoms with Crippen molar-refractivity contribution in [3.63, 3.8) is 0 Å². The second kappa shape index (κ2) is 12.0. The SMILES string of the molecule is CCOc1cc(/C=C2/SC(=Nc3ccc(I)cc3)NC2=O)cc(I)c1OS(=O)(=O)c1ccc([N+](=O)[O-])cc1. The van der Waals surface area contributed by atoms with Crippen LogP contribution in [0.3, 0.4) is 0 Å². The molecule has 10 nitrogen and oxygen atoms in total. The van der Waals surface area contributed by atoms with Crippen LogP contribution in [0.4, 0.5) is 11.4 Å². The first-order chi connectivity index (χ1) is 18.1. The summed E-state index contributed by atoms with van der Waals surface area (Å²) in [6, 6.07) is 15.1. The molecule has 196 valence electrons. The number of rotatable bonds is 8. The number of benzene rings is 3. The van der Waals surface area contributed by atoms with Gasteiger partial charge in [-0.1, -0.05) is 0 Å². The number of non-ortho nitro benzene ring substituents is 1. The molecule has 1 N–H and O–H groups in total. The van der Waals surface area contributed by atoms with Crippen molar-refractivity contribution in [3.05, 3.63) is 88.4 Å². The summed E-state index contributed by atoms with van der Waals surface area (Å²) in [4.78, 5) is 27.4. The second-order valence-electron chi connectivity index (χ2n) is 7.51. The van der Waals surface area contributed by atoms with Crippen LogP contribution < -0.4 is 14.2 Å². The van der Waals surface area contributed by atoms with Gasteiger partial charge >= 0.3 is 10.1 Å². The number of amidine groups is 1. The summed E-state index contributed by atoms with van der Waals surface area (Å²) in [5, 5.41) is 14.0. The van der Waals surface area contributed by atoms with Gasteiger partial charge in [0.1, 0.15) is 4.90 Å². The third-order valence-electron chi connectivity index (χ3n) is 4.87. The van der Waals surface area contributed by atoms with E-state index in [1.807, 2.05) is 46.9 Å². The van der Waals surface area contributed by atoms with Crippen molar-refractivity contribution >= 4 is 95.6 Å². The second-order valence-corrected chi connectivity index (χ2v) is 12.5. The van der Waals surface area contributed by atoms with Crippen molar-refractivity contribution in [2.45, 2.75) is 11.8 Å². The van der Waals surface area contributed by atoms with Gasteiger partial charge in [0.05, 0.1) is 25.7 Å². The van der Waals surface area contributed by atoms with E-state index < -0.39 is 15.0 Å². The lowest BCUT2D eigenvalue weighted by Gasteiger charge is -2.14. The maximum atomic E-state index is 12.9. The molecule has 0 saturated carbocycles. The molecule has 0 aromatic heterocycles. The minimum Gasteiger partial charge on any atom is -0.490 e. The van der Waals surface area contributed by atoms with Crippen LogP contribution in [0.5, 0.6) is 11.5 Å². The van der Waals surface area contributed by atoms with E-state index in [2.05, 4.69) is 32.9 Å². The number of ether oxygens (including phenoxy) is 1. The largest absolute Gasteiger partial charge is 0.490 e. The summed E-state index contributed by atoms with van der Waals surface area (Å²) in [6.45, 7) is 1.96. The van der Waals surface area contributed by atoms with E-state index in [-0.39, 0.29) is 34.6 Å². The first kappa shape index (κ1) is 28.3. The van der Waals surface area contributed by atoms with E-state index in [4.69, 9.17) is 8.92 Å². The fourth-order valence-corrected chi connectivity index (χ4v) is 6.22. The average Bonchev–Trinajstić information content (AvgIpc) is 3.21. The number of amides is 1. The van der Waals surface area contributed by atoms with E-state index in [9.17, 15) is 23.3 Å². The summed E-state index contributed by atoms with van der Waals surface area (Å²) >= 11 is 5.30. The predicted octanol–water partition coefficient (Wildman–Crippen LogP) is 5.86. The number of aliphatic imine (C=N–C) groups is 1. The van der Waals surface area contributed by atoms with Crippen LogP contribution in [0.1, 0.15) is 12.5 Å². The number of carbonyl (C=O) groups is 1. The number of nitro benzene ring substituents is 1. The molecule has 0 radical (unpaired) electrons. The molecule has 3 aromatic carbocycles. The molecule has 4 rings (SSSR count). The third kappa shape index (κ3) is 6.83. The minimum absolute atomic E-state index is 0.0301. The Morgan fingerprint density at radius 2 is 1.79 bits per heavy atom. The highest BCUT2D eigenvalue weighted by Gasteiger charge is 2.26. The number of halogens is 2. The Morgan fingerprint density at radius 3 is 2.42 bits per heavy atom. The molecule has 1 saturated heterocycles. The zero-order chi connectivity index (χ0) is 27.4. The number of nitro groups is 1. The average molecular weight is 777 g/mol. The van der Waals surface area contributed by atoms with Gasteiger partial charge in [0.25, 0.3) is 11.6 Å². The summed E-state index contributed by atoms with van der Waals surface area (Å²) in [5.74, 6) is -0.182.